The molecule has 1 aromatic rings. The molecule has 0 aliphatic heterocycles. The molecular weight excluding hydrogens is 296 g/mol. The Kier molecular flexibility index (Phi) is 6.15. The highest BCUT2D eigenvalue weighted by Gasteiger charge is 2.07. The molecule has 0 bridgehead atoms. The first-order valence-electron chi connectivity index (χ1n) is 5.76. The molecule has 5 heteroatoms. The molecule has 0 aliphatic carbocycles. The summed E-state index contributed by atoms with van der Waals surface area (Å²) in [6.45, 7) is 1.15. The van der Waals surface area contributed by atoms with Crippen LogP contribution in [-0.2, 0) is 16.1 Å². The number of ether oxygens (including phenoxy) is 1. The van der Waals surface area contributed by atoms with Gasteiger partial charge in [-0.3, -0.25) is 4.79 Å². The van der Waals surface area contributed by atoms with Crippen LogP contribution in [0.5, 0.6) is 0 Å². The number of carbonyl (C=O) groups is 1. The number of amides is 1. The van der Waals surface area contributed by atoms with Gasteiger partial charge in [-0.05, 0) is 12.1 Å². The van der Waals surface area contributed by atoms with Crippen molar-refractivity contribution < 1.29 is 9.53 Å². The van der Waals surface area contributed by atoms with Crippen molar-refractivity contribution in [2.24, 2.45) is 0 Å². The first kappa shape index (κ1) is 15.0. The average Bonchev–Trinajstić information content (AvgIpc) is 2.33. The van der Waals surface area contributed by atoms with Crippen LogP contribution in [0.1, 0.15) is 12.0 Å². The predicted molar refractivity (Wildman–Crippen MR) is 76.7 cm³/mol. The molecule has 0 aliphatic rings. The zero-order valence-electron chi connectivity index (χ0n) is 11.0. The van der Waals surface area contributed by atoms with Crippen LogP contribution < -0.4 is 5.32 Å². The van der Waals surface area contributed by atoms with Crippen molar-refractivity contribution in [3.63, 3.8) is 0 Å². The van der Waals surface area contributed by atoms with E-state index >= 15 is 0 Å². The van der Waals surface area contributed by atoms with E-state index in [4.69, 9.17) is 4.74 Å². The molecule has 1 rings (SSSR count). The second-order valence-electron chi connectivity index (χ2n) is 4.16. The normalized spacial score (nSPS) is 10.2. The van der Waals surface area contributed by atoms with Crippen molar-refractivity contribution >= 4 is 27.5 Å². The van der Waals surface area contributed by atoms with E-state index in [2.05, 4.69) is 21.2 Å². The molecule has 100 valence electrons. The molecular formula is C13H19BrN2O2. The van der Waals surface area contributed by atoms with Gasteiger partial charge < -0.3 is 15.0 Å². The third kappa shape index (κ3) is 4.31. The zero-order chi connectivity index (χ0) is 13.5. The third-order valence-corrected chi connectivity index (χ3v) is 3.30. The van der Waals surface area contributed by atoms with Crippen LogP contribution in [0, 0.1) is 0 Å². The van der Waals surface area contributed by atoms with Crippen LogP contribution in [0.4, 0.5) is 5.69 Å². The van der Waals surface area contributed by atoms with E-state index in [9.17, 15) is 4.79 Å². The lowest BCUT2D eigenvalue weighted by Crippen LogP contribution is -2.24. The summed E-state index contributed by atoms with van der Waals surface area (Å²) in [5.41, 5.74) is 2.06. The number of rotatable bonds is 6. The Bertz CT molecular complexity index is 408. The molecule has 1 N–H and O–H groups in total. The summed E-state index contributed by atoms with van der Waals surface area (Å²) in [4.78, 5) is 13.1. The lowest BCUT2D eigenvalue weighted by atomic mass is 10.2. The third-order valence-electron chi connectivity index (χ3n) is 2.56. The maximum absolute atomic E-state index is 11.5. The van der Waals surface area contributed by atoms with Gasteiger partial charge in [0, 0.05) is 49.9 Å². The maximum atomic E-state index is 11.5. The van der Waals surface area contributed by atoms with Crippen LogP contribution in [-0.4, -0.2) is 38.6 Å². The first-order chi connectivity index (χ1) is 8.56. The van der Waals surface area contributed by atoms with Gasteiger partial charge in [0.05, 0.1) is 6.61 Å². The van der Waals surface area contributed by atoms with Crippen molar-refractivity contribution in [3.8, 4) is 0 Å². The summed E-state index contributed by atoms with van der Waals surface area (Å²) < 4.78 is 6.18. The van der Waals surface area contributed by atoms with Gasteiger partial charge in [0.15, 0.2) is 0 Å². The molecule has 0 heterocycles. The molecule has 0 fully saturated rings. The fourth-order valence-electron chi connectivity index (χ4n) is 1.54. The highest BCUT2D eigenvalue weighted by atomic mass is 79.9. The highest BCUT2D eigenvalue weighted by molar-refractivity contribution is 9.10. The Hall–Kier alpha value is -1.07. The number of hydrogen-bond acceptors (Lipinski definition) is 3. The minimum absolute atomic E-state index is 0.116. The molecule has 18 heavy (non-hydrogen) atoms. The first-order valence-corrected chi connectivity index (χ1v) is 6.56. The molecule has 0 unspecified atom stereocenters. The Morgan fingerprint density at radius 2 is 2.17 bits per heavy atom. The SMILES string of the molecule is COCc1c(Br)cccc1NCCC(=O)N(C)C. The zero-order valence-corrected chi connectivity index (χ0v) is 12.6. The molecule has 0 atom stereocenters. The van der Waals surface area contributed by atoms with E-state index < -0.39 is 0 Å². The lowest BCUT2D eigenvalue weighted by molar-refractivity contribution is -0.128. The van der Waals surface area contributed by atoms with Gasteiger partial charge in [0.25, 0.3) is 0 Å². The number of carbonyl (C=O) groups excluding carboxylic acids is 1. The van der Waals surface area contributed by atoms with Crippen molar-refractivity contribution in [2.75, 3.05) is 33.1 Å². The number of hydrogen-bond donors (Lipinski definition) is 1. The van der Waals surface area contributed by atoms with Gasteiger partial charge in [-0.2, -0.15) is 0 Å². The molecule has 1 amide bonds. The van der Waals surface area contributed by atoms with Crippen LogP contribution in [0.3, 0.4) is 0 Å². The van der Waals surface area contributed by atoms with Crippen molar-refractivity contribution in [1.82, 2.24) is 4.90 Å². The Morgan fingerprint density at radius 3 is 2.78 bits per heavy atom. The van der Waals surface area contributed by atoms with E-state index in [1.54, 1.807) is 26.1 Å². The molecule has 0 saturated carbocycles. The monoisotopic (exact) mass is 314 g/mol. The Labute approximate surface area is 116 Å². The Morgan fingerprint density at radius 1 is 1.44 bits per heavy atom. The van der Waals surface area contributed by atoms with Crippen LogP contribution >= 0.6 is 15.9 Å². The number of nitrogens with zero attached hydrogens (tertiary/aromatic N) is 1. The minimum atomic E-state index is 0.116. The van der Waals surface area contributed by atoms with E-state index in [1.165, 1.54) is 0 Å². The largest absolute Gasteiger partial charge is 0.384 e. The van der Waals surface area contributed by atoms with E-state index in [-0.39, 0.29) is 5.91 Å². The number of nitrogens with one attached hydrogen (secondary N) is 1. The average molecular weight is 315 g/mol. The summed E-state index contributed by atoms with van der Waals surface area (Å²) >= 11 is 3.50. The summed E-state index contributed by atoms with van der Waals surface area (Å²) in [6.07, 6.45) is 0.478. The lowest BCUT2D eigenvalue weighted by Gasteiger charge is -2.14. The van der Waals surface area contributed by atoms with E-state index in [0.29, 0.717) is 19.6 Å². The van der Waals surface area contributed by atoms with Gasteiger partial charge in [-0.25, -0.2) is 0 Å². The second kappa shape index (κ2) is 7.38. The number of benzene rings is 1. The van der Waals surface area contributed by atoms with E-state index in [0.717, 1.165) is 15.7 Å². The van der Waals surface area contributed by atoms with Gasteiger partial charge in [-0.1, -0.05) is 22.0 Å². The summed E-state index contributed by atoms with van der Waals surface area (Å²) in [7, 11) is 5.19. The smallest absolute Gasteiger partial charge is 0.223 e. The van der Waals surface area contributed by atoms with Gasteiger partial charge in [0.2, 0.25) is 5.91 Å². The van der Waals surface area contributed by atoms with Crippen molar-refractivity contribution in [3.05, 3.63) is 28.2 Å². The number of methoxy groups -OCH3 is 1. The highest BCUT2D eigenvalue weighted by Crippen LogP contribution is 2.25. The summed E-state index contributed by atoms with van der Waals surface area (Å²) in [5.74, 6) is 0.116. The van der Waals surface area contributed by atoms with Crippen LogP contribution in [0.25, 0.3) is 0 Å². The van der Waals surface area contributed by atoms with Gasteiger partial charge >= 0.3 is 0 Å². The maximum Gasteiger partial charge on any atom is 0.223 e. The second-order valence-corrected chi connectivity index (χ2v) is 5.02. The van der Waals surface area contributed by atoms with E-state index in [1.807, 2.05) is 18.2 Å². The fraction of sp³-hybridized carbons (Fsp3) is 0.462. The molecule has 1 aromatic carbocycles. The Balaban J connectivity index is 2.61. The molecule has 0 radical (unpaired) electrons. The van der Waals surface area contributed by atoms with Gasteiger partial charge in [-0.15, -0.1) is 0 Å². The van der Waals surface area contributed by atoms with Gasteiger partial charge in [0.1, 0.15) is 0 Å². The van der Waals surface area contributed by atoms with Crippen LogP contribution in [0.15, 0.2) is 22.7 Å². The summed E-state index contributed by atoms with van der Waals surface area (Å²) in [6, 6.07) is 5.92. The number of halogens is 1. The minimum Gasteiger partial charge on any atom is -0.384 e. The molecule has 0 aromatic heterocycles. The number of anilines is 1. The predicted octanol–water partition coefficient (Wildman–Crippen LogP) is 2.49. The quantitative estimate of drug-likeness (QED) is 0.877. The standard InChI is InChI=1S/C13H19BrN2O2/c1-16(2)13(17)7-8-15-12-6-4-5-11(14)10(12)9-18-3/h4-6,15H,7-9H2,1-3H3. The molecule has 0 saturated heterocycles. The van der Waals surface area contributed by atoms with Crippen molar-refractivity contribution in [1.29, 1.82) is 0 Å². The summed E-state index contributed by atoms with van der Waals surface area (Å²) in [5, 5.41) is 3.27. The molecule has 4 nitrogen and oxygen atoms in total. The fourth-order valence-corrected chi connectivity index (χ4v) is 2.02. The van der Waals surface area contributed by atoms with Crippen molar-refractivity contribution in [2.45, 2.75) is 13.0 Å². The topological polar surface area (TPSA) is 41.6 Å². The van der Waals surface area contributed by atoms with Crippen LogP contribution in [0.2, 0.25) is 0 Å². The molecule has 0 spiro atoms.